The average Bonchev–Trinajstić information content (AvgIpc) is 2.86. The highest BCUT2D eigenvalue weighted by atomic mass is 19.4. The lowest BCUT2D eigenvalue weighted by atomic mass is 10.0. The van der Waals surface area contributed by atoms with Gasteiger partial charge in [0.1, 0.15) is 0 Å². The van der Waals surface area contributed by atoms with E-state index in [-0.39, 0.29) is 34.8 Å². The fourth-order valence-corrected chi connectivity index (χ4v) is 3.91. The van der Waals surface area contributed by atoms with E-state index >= 15 is 0 Å². The van der Waals surface area contributed by atoms with E-state index in [1.807, 2.05) is 0 Å². The van der Waals surface area contributed by atoms with Crippen molar-refractivity contribution in [2.45, 2.75) is 24.8 Å². The Morgan fingerprint density at radius 3 is 2.03 bits per heavy atom. The summed E-state index contributed by atoms with van der Waals surface area (Å²) in [7, 11) is 0. The summed E-state index contributed by atoms with van der Waals surface area (Å²) < 4.78 is 79.5. The molecule has 0 aliphatic heterocycles. The monoisotopic (exact) mass is 531 g/mol. The predicted octanol–water partition coefficient (Wildman–Crippen LogP) is 6.29. The lowest BCUT2D eigenvalue weighted by Gasteiger charge is -2.18. The molecule has 11 heteroatoms. The zero-order chi connectivity index (χ0) is 27.7. The highest BCUT2D eigenvalue weighted by Crippen LogP contribution is 2.38. The van der Waals surface area contributed by atoms with Gasteiger partial charge in [0.25, 0.3) is 5.91 Å². The van der Waals surface area contributed by atoms with Crippen LogP contribution >= 0.6 is 0 Å². The van der Waals surface area contributed by atoms with Gasteiger partial charge in [0.15, 0.2) is 0 Å². The molecule has 3 N–H and O–H groups in total. The van der Waals surface area contributed by atoms with Crippen molar-refractivity contribution in [3.63, 3.8) is 0 Å². The van der Waals surface area contributed by atoms with Gasteiger partial charge in [0, 0.05) is 16.5 Å². The molecule has 5 nitrogen and oxygen atoms in total. The number of carbonyl (C=O) groups is 2. The number of primary amides is 1. The molecule has 0 saturated heterocycles. The minimum Gasteiger partial charge on any atom is -0.370 e. The van der Waals surface area contributed by atoms with Crippen LogP contribution in [0.25, 0.3) is 22.2 Å². The Morgan fingerprint density at radius 2 is 1.45 bits per heavy atom. The lowest BCUT2D eigenvalue weighted by Crippen LogP contribution is -2.31. The van der Waals surface area contributed by atoms with Crippen LogP contribution in [0.4, 0.5) is 26.3 Å². The summed E-state index contributed by atoms with van der Waals surface area (Å²) in [5.41, 5.74) is 3.11. The van der Waals surface area contributed by atoms with Gasteiger partial charge in [0.2, 0.25) is 5.91 Å². The number of pyridine rings is 1. The second-order valence-corrected chi connectivity index (χ2v) is 8.51. The number of fused-ring (bicyclic) bond motifs is 1. The number of hydrogen-bond acceptors (Lipinski definition) is 3. The van der Waals surface area contributed by atoms with E-state index in [1.165, 1.54) is 30.3 Å². The molecule has 4 rings (SSSR count). The normalized spacial score (nSPS) is 12.8. The number of hydrogen-bond donors (Lipinski definition) is 2. The number of rotatable bonds is 6. The maximum atomic E-state index is 13.2. The molecule has 1 heterocycles. The highest BCUT2D eigenvalue weighted by molar-refractivity contribution is 5.98. The standard InChI is InChI=1S/C27H19F6N3O2/c28-26(29,30)19-11-18(12-20(13-19)27(31,32)33)22-8-6-16-10-17(7-9-21(16)35-22)25(38)36-23(14-24(34)37)15-4-2-1-3-5-15/h1-13,23H,14H2,(H2,34,37)(H,36,38). The molecule has 0 bridgehead atoms. The molecule has 38 heavy (non-hydrogen) atoms. The van der Waals surface area contributed by atoms with Crippen molar-refractivity contribution in [3.05, 3.63) is 101 Å². The molecule has 1 aromatic heterocycles. The van der Waals surface area contributed by atoms with Crippen LogP contribution in [0, 0.1) is 0 Å². The number of aromatic nitrogens is 1. The van der Waals surface area contributed by atoms with Crippen LogP contribution in [0.5, 0.6) is 0 Å². The fourth-order valence-electron chi connectivity index (χ4n) is 3.91. The van der Waals surface area contributed by atoms with Crippen LogP contribution in [0.15, 0.2) is 78.9 Å². The minimum absolute atomic E-state index is 0.0520. The summed E-state index contributed by atoms with van der Waals surface area (Å²) in [5.74, 6) is -1.13. The predicted molar refractivity (Wildman–Crippen MR) is 128 cm³/mol. The first-order valence-corrected chi connectivity index (χ1v) is 11.2. The summed E-state index contributed by atoms with van der Waals surface area (Å²) in [6.45, 7) is 0. The summed E-state index contributed by atoms with van der Waals surface area (Å²) in [6.07, 6.45) is -10.1. The van der Waals surface area contributed by atoms with E-state index in [0.29, 0.717) is 23.1 Å². The van der Waals surface area contributed by atoms with Gasteiger partial charge in [-0.3, -0.25) is 9.59 Å². The Kier molecular flexibility index (Phi) is 7.12. The third-order valence-corrected chi connectivity index (χ3v) is 5.75. The van der Waals surface area contributed by atoms with Gasteiger partial charge in [0.05, 0.1) is 34.8 Å². The third-order valence-electron chi connectivity index (χ3n) is 5.75. The molecule has 0 radical (unpaired) electrons. The quantitative estimate of drug-likeness (QED) is 0.287. The maximum absolute atomic E-state index is 13.2. The van der Waals surface area contributed by atoms with E-state index in [1.54, 1.807) is 30.3 Å². The first-order chi connectivity index (χ1) is 17.8. The Labute approximate surface area is 212 Å². The Bertz CT molecular complexity index is 1470. The van der Waals surface area contributed by atoms with Crippen LogP contribution in [0.1, 0.15) is 39.5 Å². The molecular weight excluding hydrogens is 512 g/mol. The number of halogens is 6. The molecule has 1 atom stereocenters. The smallest absolute Gasteiger partial charge is 0.370 e. The van der Waals surface area contributed by atoms with Gasteiger partial charge in [-0.15, -0.1) is 0 Å². The molecule has 0 fully saturated rings. The van der Waals surface area contributed by atoms with Gasteiger partial charge < -0.3 is 11.1 Å². The maximum Gasteiger partial charge on any atom is 0.416 e. The zero-order valence-corrected chi connectivity index (χ0v) is 19.4. The summed E-state index contributed by atoms with van der Waals surface area (Å²) in [5, 5.41) is 3.18. The zero-order valence-electron chi connectivity index (χ0n) is 19.4. The van der Waals surface area contributed by atoms with E-state index in [9.17, 15) is 35.9 Å². The average molecular weight is 531 g/mol. The van der Waals surface area contributed by atoms with Crippen molar-refractivity contribution in [2.24, 2.45) is 5.73 Å². The van der Waals surface area contributed by atoms with Gasteiger partial charge in [-0.2, -0.15) is 26.3 Å². The third kappa shape index (κ3) is 6.10. The molecule has 0 aliphatic carbocycles. The molecule has 3 aromatic carbocycles. The van der Waals surface area contributed by atoms with Crippen molar-refractivity contribution in [1.82, 2.24) is 10.3 Å². The topological polar surface area (TPSA) is 85.1 Å². The molecule has 4 aromatic rings. The van der Waals surface area contributed by atoms with Gasteiger partial charge in [-0.05, 0) is 48.0 Å². The first-order valence-electron chi connectivity index (χ1n) is 11.2. The fraction of sp³-hybridized carbons (Fsp3) is 0.148. The molecule has 196 valence electrons. The van der Waals surface area contributed by atoms with Crippen LogP contribution in [-0.2, 0) is 17.1 Å². The van der Waals surface area contributed by atoms with E-state index < -0.39 is 41.3 Å². The Hall–Kier alpha value is -4.41. The van der Waals surface area contributed by atoms with Crippen molar-refractivity contribution < 1.29 is 35.9 Å². The minimum atomic E-state index is -4.98. The summed E-state index contributed by atoms with van der Waals surface area (Å²) in [4.78, 5) is 28.6. The van der Waals surface area contributed by atoms with Crippen molar-refractivity contribution >= 4 is 22.7 Å². The largest absolute Gasteiger partial charge is 0.416 e. The van der Waals surface area contributed by atoms with E-state index in [4.69, 9.17) is 5.73 Å². The Balaban J connectivity index is 1.65. The SMILES string of the molecule is NC(=O)CC(NC(=O)c1ccc2nc(-c3cc(C(F)(F)F)cc(C(F)(F)F)c3)ccc2c1)c1ccccc1. The van der Waals surface area contributed by atoms with E-state index in [0.717, 1.165) is 0 Å². The van der Waals surface area contributed by atoms with Crippen LogP contribution in [0.3, 0.4) is 0 Å². The number of amides is 2. The summed E-state index contributed by atoms with van der Waals surface area (Å²) >= 11 is 0. The lowest BCUT2D eigenvalue weighted by molar-refractivity contribution is -0.143. The van der Waals surface area contributed by atoms with Crippen molar-refractivity contribution in [2.75, 3.05) is 0 Å². The molecule has 2 amide bonds. The van der Waals surface area contributed by atoms with Crippen LogP contribution in [0.2, 0.25) is 0 Å². The van der Waals surface area contributed by atoms with Crippen molar-refractivity contribution in [3.8, 4) is 11.3 Å². The first kappa shape index (κ1) is 26.6. The van der Waals surface area contributed by atoms with Gasteiger partial charge in [-0.1, -0.05) is 36.4 Å². The second kappa shape index (κ2) is 10.2. The molecular formula is C27H19F6N3O2. The number of nitrogens with one attached hydrogen (secondary N) is 1. The molecule has 1 unspecified atom stereocenters. The molecule has 0 aliphatic rings. The van der Waals surface area contributed by atoms with Gasteiger partial charge >= 0.3 is 12.4 Å². The van der Waals surface area contributed by atoms with Crippen LogP contribution in [-0.4, -0.2) is 16.8 Å². The molecule has 0 spiro atoms. The number of nitrogens with two attached hydrogens (primary N) is 1. The number of benzene rings is 3. The van der Waals surface area contributed by atoms with Gasteiger partial charge in [-0.25, -0.2) is 4.98 Å². The van der Waals surface area contributed by atoms with Crippen LogP contribution < -0.4 is 11.1 Å². The molecule has 0 saturated carbocycles. The van der Waals surface area contributed by atoms with Crippen molar-refractivity contribution in [1.29, 1.82) is 0 Å². The number of carbonyl (C=O) groups excluding carboxylic acids is 2. The Morgan fingerprint density at radius 1 is 0.816 bits per heavy atom. The second-order valence-electron chi connectivity index (χ2n) is 8.51. The number of nitrogens with zero attached hydrogens (tertiary/aromatic N) is 1. The van der Waals surface area contributed by atoms with E-state index in [2.05, 4.69) is 10.3 Å². The summed E-state index contributed by atoms with van der Waals surface area (Å²) in [6, 6.07) is 16.4. The number of alkyl halides is 6. The highest BCUT2D eigenvalue weighted by Gasteiger charge is 2.37.